The quantitative estimate of drug-likeness (QED) is 0.402. The molecule has 0 radical (unpaired) electrons. The van der Waals surface area contributed by atoms with Crippen molar-refractivity contribution in [1.82, 2.24) is 4.90 Å². The highest BCUT2D eigenvalue weighted by molar-refractivity contribution is 5.50. The van der Waals surface area contributed by atoms with Crippen LogP contribution in [0.25, 0.3) is 0 Å². The molecule has 58 valence electrons. The number of nitrogens with two attached hydrogens (primary N) is 1. The predicted octanol–water partition coefficient (Wildman–Crippen LogP) is -0.0354. The summed E-state index contributed by atoms with van der Waals surface area (Å²) in [5.41, 5.74) is 5.42. The van der Waals surface area contributed by atoms with Crippen LogP contribution in [-0.4, -0.2) is 36.5 Å². The van der Waals surface area contributed by atoms with Gasteiger partial charge in [-0.15, -0.1) is 0 Å². The molecule has 0 aromatic carbocycles. The number of hydrogen-bond donors (Lipinski definition) is 2. The fourth-order valence-corrected chi connectivity index (χ4v) is 1.06. The highest BCUT2D eigenvalue weighted by Crippen LogP contribution is 2.09. The van der Waals surface area contributed by atoms with E-state index in [1.54, 1.807) is 4.90 Å². The maximum atomic E-state index is 12.7. The summed E-state index contributed by atoms with van der Waals surface area (Å²) in [6.45, 7) is 0.996. The first kappa shape index (κ1) is 7.47. The Morgan fingerprint density at radius 1 is 1.70 bits per heavy atom. The zero-order chi connectivity index (χ0) is 7.56. The van der Waals surface area contributed by atoms with Crippen LogP contribution in [0.4, 0.5) is 4.39 Å². The van der Waals surface area contributed by atoms with Gasteiger partial charge in [0.25, 0.3) is 0 Å². The van der Waals surface area contributed by atoms with E-state index in [9.17, 15) is 4.39 Å². The maximum Gasteiger partial charge on any atom is 0.133 e. The van der Waals surface area contributed by atoms with Crippen molar-refractivity contribution in [3.8, 4) is 0 Å². The van der Waals surface area contributed by atoms with Crippen LogP contribution in [0.1, 0.15) is 6.42 Å². The number of piperidine rings is 1. The number of likely N-dealkylation sites (tertiary alicyclic amines) is 1. The van der Waals surface area contributed by atoms with Crippen molar-refractivity contribution in [3.63, 3.8) is 0 Å². The molecule has 2 unspecified atom stereocenters. The van der Waals surface area contributed by atoms with Gasteiger partial charge in [-0.05, 0) is 6.42 Å². The van der Waals surface area contributed by atoms with Crippen LogP contribution < -0.4 is 5.73 Å². The first-order valence-electron chi connectivity index (χ1n) is 3.38. The molecule has 1 saturated heterocycles. The van der Waals surface area contributed by atoms with Gasteiger partial charge >= 0.3 is 0 Å². The standard InChI is InChI=1S/C6H12FN3/c7-5-3-10(4-8)2-1-6(5)9/h4-6,8H,1-3,9H2. The maximum absolute atomic E-state index is 12.7. The second-order valence-electron chi connectivity index (χ2n) is 2.59. The third kappa shape index (κ3) is 1.44. The summed E-state index contributed by atoms with van der Waals surface area (Å²) in [4.78, 5) is 1.63. The predicted molar refractivity (Wildman–Crippen MR) is 37.8 cm³/mol. The Labute approximate surface area is 59.5 Å². The van der Waals surface area contributed by atoms with Crippen molar-refractivity contribution in [2.75, 3.05) is 13.1 Å². The van der Waals surface area contributed by atoms with Crippen LogP contribution in [-0.2, 0) is 0 Å². The minimum atomic E-state index is -0.963. The zero-order valence-corrected chi connectivity index (χ0v) is 5.76. The number of alkyl halides is 1. The van der Waals surface area contributed by atoms with Gasteiger partial charge in [-0.1, -0.05) is 0 Å². The van der Waals surface area contributed by atoms with Gasteiger partial charge in [0, 0.05) is 12.6 Å². The number of nitrogens with zero attached hydrogens (tertiary/aromatic N) is 1. The Morgan fingerprint density at radius 2 is 2.40 bits per heavy atom. The van der Waals surface area contributed by atoms with E-state index < -0.39 is 6.17 Å². The summed E-state index contributed by atoms with van der Waals surface area (Å²) < 4.78 is 12.7. The fraction of sp³-hybridized carbons (Fsp3) is 0.833. The lowest BCUT2D eigenvalue weighted by molar-refractivity contribution is 0.173. The Morgan fingerprint density at radius 3 is 2.90 bits per heavy atom. The molecule has 1 fully saturated rings. The molecule has 0 aliphatic carbocycles. The van der Waals surface area contributed by atoms with Crippen LogP contribution in [0, 0.1) is 5.41 Å². The van der Waals surface area contributed by atoms with Crippen LogP contribution in [0.2, 0.25) is 0 Å². The van der Waals surface area contributed by atoms with Gasteiger partial charge in [-0.2, -0.15) is 0 Å². The lowest BCUT2D eigenvalue weighted by Crippen LogP contribution is -2.47. The Bertz CT molecular complexity index is 128. The Balaban J connectivity index is 2.40. The second-order valence-corrected chi connectivity index (χ2v) is 2.59. The van der Waals surface area contributed by atoms with Gasteiger partial charge in [-0.25, -0.2) is 4.39 Å². The average molecular weight is 145 g/mol. The first-order chi connectivity index (χ1) is 4.74. The molecular weight excluding hydrogens is 133 g/mol. The van der Waals surface area contributed by atoms with E-state index in [0.717, 1.165) is 0 Å². The van der Waals surface area contributed by atoms with E-state index in [4.69, 9.17) is 11.1 Å². The fourth-order valence-electron chi connectivity index (χ4n) is 1.06. The van der Waals surface area contributed by atoms with Crippen molar-refractivity contribution in [3.05, 3.63) is 0 Å². The molecule has 3 N–H and O–H groups in total. The molecule has 0 saturated carbocycles. The highest BCUT2D eigenvalue weighted by atomic mass is 19.1. The molecule has 0 amide bonds. The molecule has 0 aromatic heterocycles. The Hall–Kier alpha value is -0.640. The molecule has 0 bridgehead atoms. The highest BCUT2D eigenvalue weighted by Gasteiger charge is 2.24. The molecule has 4 heteroatoms. The minimum Gasteiger partial charge on any atom is -0.360 e. The van der Waals surface area contributed by atoms with Crippen molar-refractivity contribution < 1.29 is 4.39 Å². The smallest absolute Gasteiger partial charge is 0.133 e. The molecule has 0 aromatic rings. The normalized spacial score (nSPS) is 34.0. The van der Waals surface area contributed by atoms with Gasteiger partial charge < -0.3 is 10.6 Å². The summed E-state index contributed by atoms with van der Waals surface area (Å²) in [6, 6.07) is -0.323. The molecule has 0 spiro atoms. The van der Waals surface area contributed by atoms with E-state index in [0.29, 0.717) is 13.0 Å². The van der Waals surface area contributed by atoms with E-state index in [-0.39, 0.29) is 12.6 Å². The van der Waals surface area contributed by atoms with Crippen LogP contribution in [0.3, 0.4) is 0 Å². The van der Waals surface area contributed by atoms with Crippen molar-refractivity contribution >= 4 is 6.34 Å². The lowest BCUT2D eigenvalue weighted by Gasteiger charge is -2.30. The molecule has 1 aliphatic heterocycles. The monoisotopic (exact) mass is 145 g/mol. The molecular formula is C6H12FN3. The van der Waals surface area contributed by atoms with Gasteiger partial charge in [0.15, 0.2) is 0 Å². The molecule has 2 atom stereocenters. The molecule has 1 aliphatic rings. The first-order valence-corrected chi connectivity index (χ1v) is 3.38. The summed E-state index contributed by atoms with van der Waals surface area (Å²) in [5, 5.41) is 6.85. The molecule has 1 rings (SSSR count). The van der Waals surface area contributed by atoms with E-state index in [2.05, 4.69) is 0 Å². The average Bonchev–Trinajstić information content (AvgIpc) is 1.95. The van der Waals surface area contributed by atoms with E-state index in [1.165, 1.54) is 6.34 Å². The summed E-state index contributed by atoms with van der Waals surface area (Å²) in [7, 11) is 0. The SMILES string of the molecule is N=CN1CCC(N)C(F)C1. The molecule has 3 nitrogen and oxygen atoms in total. The van der Waals surface area contributed by atoms with Gasteiger partial charge in [0.05, 0.1) is 12.9 Å². The van der Waals surface area contributed by atoms with Gasteiger partial charge in [0.1, 0.15) is 6.17 Å². The van der Waals surface area contributed by atoms with Crippen molar-refractivity contribution in [1.29, 1.82) is 5.41 Å². The number of rotatable bonds is 1. The summed E-state index contributed by atoms with van der Waals surface area (Å²) in [5.74, 6) is 0. The second kappa shape index (κ2) is 2.96. The number of halogens is 1. The largest absolute Gasteiger partial charge is 0.360 e. The summed E-state index contributed by atoms with van der Waals surface area (Å²) in [6.07, 6.45) is 0.852. The third-order valence-electron chi connectivity index (χ3n) is 1.81. The van der Waals surface area contributed by atoms with E-state index >= 15 is 0 Å². The van der Waals surface area contributed by atoms with Crippen molar-refractivity contribution in [2.24, 2.45) is 5.73 Å². The van der Waals surface area contributed by atoms with Crippen molar-refractivity contribution in [2.45, 2.75) is 18.6 Å². The van der Waals surface area contributed by atoms with Crippen LogP contribution >= 0.6 is 0 Å². The molecule has 1 heterocycles. The third-order valence-corrected chi connectivity index (χ3v) is 1.81. The van der Waals surface area contributed by atoms with E-state index in [1.807, 2.05) is 0 Å². The zero-order valence-electron chi connectivity index (χ0n) is 5.76. The van der Waals surface area contributed by atoms with Crippen LogP contribution in [0.15, 0.2) is 0 Å². The summed E-state index contributed by atoms with van der Waals surface area (Å²) >= 11 is 0. The number of hydrogen-bond acceptors (Lipinski definition) is 2. The topological polar surface area (TPSA) is 53.1 Å². The van der Waals surface area contributed by atoms with Crippen LogP contribution in [0.5, 0.6) is 0 Å². The molecule has 10 heavy (non-hydrogen) atoms. The van der Waals surface area contributed by atoms with Gasteiger partial charge in [-0.3, -0.25) is 5.41 Å². The van der Waals surface area contributed by atoms with Gasteiger partial charge in [0.2, 0.25) is 0 Å². The minimum absolute atomic E-state index is 0.282. The Kier molecular flexibility index (Phi) is 2.21. The number of nitrogens with one attached hydrogen (secondary N) is 1. The lowest BCUT2D eigenvalue weighted by atomic mass is 10.1.